The van der Waals surface area contributed by atoms with E-state index in [0.717, 1.165) is 36.0 Å². The van der Waals surface area contributed by atoms with Crippen LogP contribution in [0.25, 0.3) is 16.6 Å². The molecule has 27 heavy (non-hydrogen) atoms. The highest BCUT2D eigenvalue weighted by Crippen LogP contribution is 2.39. The SMILES string of the molecule is Cc1ccc2c(C3CCC(N)C3)cn(-c3ccc(OC(F)(F)F)cc3)c2c1. The molecule has 2 N–H and O–H groups in total. The number of hydrogen-bond acceptors (Lipinski definition) is 2. The predicted octanol–water partition coefficient (Wildman–Crippen LogP) is 5.43. The number of halogens is 3. The van der Waals surface area contributed by atoms with Crippen LogP contribution in [0.4, 0.5) is 13.2 Å². The lowest BCUT2D eigenvalue weighted by molar-refractivity contribution is -0.274. The molecule has 2 atom stereocenters. The van der Waals surface area contributed by atoms with Crippen molar-refractivity contribution in [3.05, 3.63) is 59.8 Å². The van der Waals surface area contributed by atoms with Gasteiger partial charge in [0.2, 0.25) is 0 Å². The normalized spacial score (nSPS) is 20.3. The number of nitrogens with zero attached hydrogens (tertiary/aromatic N) is 1. The van der Waals surface area contributed by atoms with Gasteiger partial charge in [-0.25, -0.2) is 0 Å². The van der Waals surface area contributed by atoms with Crippen molar-refractivity contribution in [2.75, 3.05) is 0 Å². The summed E-state index contributed by atoms with van der Waals surface area (Å²) in [6.07, 6.45) is 0.462. The van der Waals surface area contributed by atoms with E-state index in [2.05, 4.69) is 29.1 Å². The molecule has 0 aliphatic heterocycles. The van der Waals surface area contributed by atoms with Gasteiger partial charge < -0.3 is 15.0 Å². The highest BCUT2D eigenvalue weighted by Gasteiger charge is 2.31. The number of nitrogens with two attached hydrogens (primary N) is 1. The Morgan fingerprint density at radius 3 is 2.44 bits per heavy atom. The maximum Gasteiger partial charge on any atom is 0.573 e. The van der Waals surface area contributed by atoms with Crippen molar-refractivity contribution in [2.24, 2.45) is 5.73 Å². The first-order valence-corrected chi connectivity index (χ1v) is 9.03. The number of rotatable bonds is 3. The van der Waals surface area contributed by atoms with Gasteiger partial charge in [0.05, 0.1) is 5.52 Å². The molecule has 6 heteroatoms. The van der Waals surface area contributed by atoms with Crippen molar-refractivity contribution < 1.29 is 17.9 Å². The zero-order valence-corrected chi connectivity index (χ0v) is 15.0. The molecule has 3 aromatic rings. The zero-order chi connectivity index (χ0) is 19.2. The number of aryl methyl sites for hydroxylation is 1. The fraction of sp³-hybridized carbons (Fsp3) is 0.333. The highest BCUT2D eigenvalue weighted by molar-refractivity contribution is 5.87. The van der Waals surface area contributed by atoms with Crippen LogP contribution >= 0.6 is 0 Å². The van der Waals surface area contributed by atoms with Gasteiger partial charge in [0.15, 0.2) is 0 Å². The molecule has 0 spiro atoms. The second-order valence-corrected chi connectivity index (χ2v) is 7.29. The van der Waals surface area contributed by atoms with E-state index in [1.165, 1.54) is 23.1 Å². The van der Waals surface area contributed by atoms with Crippen LogP contribution in [-0.2, 0) is 0 Å². The summed E-state index contributed by atoms with van der Waals surface area (Å²) in [5, 5.41) is 1.18. The Labute approximate surface area is 155 Å². The number of ether oxygens (including phenoxy) is 1. The standard InChI is InChI=1S/C21H21F3N2O/c1-13-2-9-18-19(14-3-4-15(25)11-14)12-26(20(18)10-13)16-5-7-17(8-6-16)27-21(22,23)24/h2,5-10,12,14-15H,3-4,11,25H2,1H3. The third-order valence-electron chi connectivity index (χ3n) is 5.25. The third kappa shape index (κ3) is 3.67. The summed E-state index contributed by atoms with van der Waals surface area (Å²) in [5.41, 5.74) is 10.3. The summed E-state index contributed by atoms with van der Waals surface area (Å²) < 4.78 is 43.2. The lowest BCUT2D eigenvalue weighted by Gasteiger charge is -2.10. The smallest absolute Gasteiger partial charge is 0.406 e. The Morgan fingerprint density at radius 2 is 1.81 bits per heavy atom. The van der Waals surface area contributed by atoms with E-state index >= 15 is 0 Å². The Kier molecular flexibility index (Phi) is 4.38. The molecule has 0 radical (unpaired) electrons. The van der Waals surface area contributed by atoms with E-state index in [4.69, 9.17) is 5.73 Å². The Balaban J connectivity index is 1.76. The molecule has 1 aliphatic carbocycles. The molecule has 142 valence electrons. The molecule has 1 saturated carbocycles. The van der Waals surface area contributed by atoms with E-state index < -0.39 is 6.36 Å². The van der Waals surface area contributed by atoms with Crippen LogP contribution in [0.5, 0.6) is 5.75 Å². The van der Waals surface area contributed by atoms with E-state index in [1.54, 1.807) is 12.1 Å². The van der Waals surface area contributed by atoms with Crippen LogP contribution in [-0.4, -0.2) is 17.0 Å². The van der Waals surface area contributed by atoms with Crippen LogP contribution in [0, 0.1) is 6.92 Å². The number of aromatic nitrogens is 1. The maximum atomic E-state index is 12.4. The summed E-state index contributed by atoms with van der Waals surface area (Å²) in [6, 6.07) is 12.5. The number of alkyl halides is 3. The molecule has 0 amide bonds. The van der Waals surface area contributed by atoms with Crippen molar-refractivity contribution in [1.82, 2.24) is 4.57 Å². The van der Waals surface area contributed by atoms with Crippen molar-refractivity contribution >= 4 is 10.9 Å². The molecule has 0 saturated heterocycles. The minimum atomic E-state index is -4.69. The van der Waals surface area contributed by atoms with Gasteiger partial charge in [-0.3, -0.25) is 0 Å². The first kappa shape index (κ1) is 17.9. The van der Waals surface area contributed by atoms with E-state index in [1.807, 2.05) is 11.5 Å². The lowest BCUT2D eigenvalue weighted by atomic mass is 9.96. The molecule has 1 fully saturated rings. The van der Waals surface area contributed by atoms with Gasteiger partial charge in [-0.15, -0.1) is 13.2 Å². The van der Waals surface area contributed by atoms with Gasteiger partial charge in [-0.1, -0.05) is 12.1 Å². The van der Waals surface area contributed by atoms with Gasteiger partial charge in [0.1, 0.15) is 5.75 Å². The van der Waals surface area contributed by atoms with Gasteiger partial charge in [0, 0.05) is 23.3 Å². The highest BCUT2D eigenvalue weighted by atomic mass is 19.4. The van der Waals surface area contributed by atoms with E-state index in [0.29, 0.717) is 5.92 Å². The quantitative estimate of drug-likeness (QED) is 0.664. The zero-order valence-electron chi connectivity index (χ0n) is 15.0. The first-order chi connectivity index (χ1) is 12.8. The van der Waals surface area contributed by atoms with Crippen molar-refractivity contribution in [3.63, 3.8) is 0 Å². The molecule has 2 unspecified atom stereocenters. The Bertz CT molecular complexity index is 960. The molecule has 1 aliphatic rings. The molecule has 1 aromatic heterocycles. The molecular weight excluding hydrogens is 353 g/mol. The Hall–Kier alpha value is -2.47. The summed E-state index contributed by atoms with van der Waals surface area (Å²) in [7, 11) is 0. The predicted molar refractivity (Wildman–Crippen MR) is 99.3 cm³/mol. The van der Waals surface area contributed by atoms with Crippen molar-refractivity contribution in [1.29, 1.82) is 0 Å². The molecule has 3 nitrogen and oxygen atoms in total. The fourth-order valence-corrected chi connectivity index (χ4v) is 4.01. The molecule has 1 heterocycles. The third-order valence-corrected chi connectivity index (χ3v) is 5.25. The molecule has 0 bridgehead atoms. The summed E-state index contributed by atoms with van der Waals surface area (Å²) >= 11 is 0. The second kappa shape index (κ2) is 6.60. The van der Waals surface area contributed by atoms with Gasteiger partial charge in [0.25, 0.3) is 0 Å². The van der Waals surface area contributed by atoms with Crippen LogP contribution in [0.1, 0.15) is 36.3 Å². The second-order valence-electron chi connectivity index (χ2n) is 7.29. The average Bonchev–Trinajstić information content (AvgIpc) is 3.17. The fourth-order valence-electron chi connectivity index (χ4n) is 4.01. The number of benzene rings is 2. The van der Waals surface area contributed by atoms with Gasteiger partial charge in [-0.05, 0) is 73.6 Å². The minimum Gasteiger partial charge on any atom is -0.406 e. The van der Waals surface area contributed by atoms with Crippen LogP contribution in [0.3, 0.4) is 0 Å². The van der Waals surface area contributed by atoms with Crippen LogP contribution in [0.2, 0.25) is 0 Å². The molecule has 4 rings (SSSR count). The average molecular weight is 374 g/mol. The maximum absolute atomic E-state index is 12.4. The first-order valence-electron chi connectivity index (χ1n) is 9.03. The van der Waals surface area contributed by atoms with Crippen molar-refractivity contribution in [2.45, 2.75) is 44.5 Å². The van der Waals surface area contributed by atoms with Gasteiger partial charge in [-0.2, -0.15) is 0 Å². The number of fused-ring (bicyclic) bond motifs is 1. The van der Waals surface area contributed by atoms with Crippen LogP contribution in [0.15, 0.2) is 48.7 Å². The summed E-state index contributed by atoms with van der Waals surface area (Å²) in [4.78, 5) is 0. The Morgan fingerprint density at radius 1 is 1.07 bits per heavy atom. The monoisotopic (exact) mass is 374 g/mol. The molecular formula is C21H21F3N2O. The van der Waals surface area contributed by atoms with E-state index in [9.17, 15) is 13.2 Å². The van der Waals surface area contributed by atoms with Crippen molar-refractivity contribution in [3.8, 4) is 11.4 Å². The largest absolute Gasteiger partial charge is 0.573 e. The topological polar surface area (TPSA) is 40.2 Å². The number of hydrogen-bond donors (Lipinski definition) is 1. The summed E-state index contributed by atoms with van der Waals surface area (Å²) in [6.45, 7) is 2.03. The molecule has 2 aromatic carbocycles. The van der Waals surface area contributed by atoms with Crippen LogP contribution < -0.4 is 10.5 Å². The van der Waals surface area contributed by atoms with Gasteiger partial charge >= 0.3 is 6.36 Å². The lowest BCUT2D eigenvalue weighted by Crippen LogP contribution is -2.17. The van der Waals surface area contributed by atoms with E-state index in [-0.39, 0.29) is 11.8 Å². The summed E-state index contributed by atoms with van der Waals surface area (Å²) in [5.74, 6) is 0.195. The minimum absolute atomic E-state index is 0.221.